The first-order valence-electron chi connectivity index (χ1n) is 11.4. The van der Waals surface area contributed by atoms with Crippen LogP contribution >= 0.6 is 0 Å². The number of benzene rings is 2. The lowest BCUT2D eigenvalue weighted by Gasteiger charge is -2.46. The third-order valence-electron chi connectivity index (χ3n) is 6.75. The molecular formula is C26H28N4O4. The SMILES string of the molecule is COc1cc(C)ccc1C1[C@H](C)N(C(C)=O)c2ccc(-c3cnn(C4CC4)c3)cc2N1C(=O)O. The summed E-state index contributed by atoms with van der Waals surface area (Å²) in [7, 11) is 1.57. The second-order valence-electron chi connectivity index (χ2n) is 9.12. The summed E-state index contributed by atoms with van der Waals surface area (Å²) in [5.41, 5.74) is 4.52. The lowest BCUT2D eigenvalue weighted by atomic mass is 9.91. The van der Waals surface area contributed by atoms with E-state index in [-0.39, 0.29) is 5.91 Å². The Bertz CT molecular complexity index is 1280. The maximum Gasteiger partial charge on any atom is 0.412 e. The number of ether oxygens (including phenoxy) is 1. The molecule has 34 heavy (non-hydrogen) atoms. The molecule has 1 aromatic heterocycles. The summed E-state index contributed by atoms with van der Waals surface area (Å²) in [4.78, 5) is 28.5. The molecule has 1 unspecified atom stereocenters. The second-order valence-corrected chi connectivity index (χ2v) is 9.12. The van der Waals surface area contributed by atoms with Crippen molar-refractivity contribution in [3.8, 4) is 16.9 Å². The molecule has 1 fully saturated rings. The Morgan fingerprint density at radius 2 is 1.82 bits per heavy atom. The van der Waals surface area contributed by atoms with Crippen LogP contribution in [0.5, 0.6) is 5.75 Å². The first-order valence-corrected chi connectivity index (χ1v) is 11.4. The molecule has 1 N–H and O–H groups in total. The maximum absolute atomic E-state index is 12.8. The molecule has 5 rings (SSSR count). The number of carbonyl (C=O) groups excluding carboxylic acids is 1. The molecule has 1 saturated carbocycles. The van der Waals surface area contributed by atoms with Crippen LogP contribution in [-0.4, -0.2) is 40.0 Å². The van der Waals surface area contributed by atoms with Crippen molar-refractivity contribution < 1.29 is 19.4 Å². The molecule has 1 aliphatic heterocycles. The van der Waals surface area contributed by atoms with E-state index in [9.17, 15) is 14.7 Å². The monoisotopic (exact) mass is 460 g/mol. The fraction of sp³-hybridized carbons (Fsp3) is 0.346. The normalized spacial score (nSPS) is 19.6. The molecule has 2 atom stereocenters. The fourth-order valence-electron chi connectivity index (χ4n) is 4.99. The van der Waals surface area contributed by atoms with Gasteiger partial charge in [0, 0.05) is 24.2 Å². The van der Waals surface area contributed by atoms with Crippen molar-refractivity contribution in [1.82, 2.24) is 9.78 Å². The minimum Gasteiger partial charge on any atom is -0.496 e. The smallest absolute Gasteiger partial charge is 0.412 e. The van der Waals surface area contributed by atoms with E-state index in [0.29, 0.717) is 28.7 Å². The number of nitrogens with zero attached hydrogens (tertiary/aromatic N) is 4. The Hall–Kier alpha value is -3.81. The van der Waals surface area contributed by atoms with Gasteiger partial charge >= 0.3 is 6.09 Å². The van der Waals surface area contributed by atoms with E-state index >= 15 is 0 Å². The minimum absolute atomic E-state index is 0.149. The quantitative estimate of drug-likeness (QED) is 0.579. The summed E-state index contributed by atoms with van der Waals surface area (Å²) in [5.74, 6) is 0.445. The largest absolute Gasteiger partial charge is 0.496 e. The van der Waals surface area contributed by atoms with Crippen LogP contribution in [0.15, 0.2) is 48.8 Å². The van der Waals surface area contributed by atoms with E-state index in [1.807, 2.05) is 61.1 Å². The van der Waals surface area contributed by atoms with E-state index in [2.05, 4.69) is 5.10 Å². The Morgan fingerprint density at radius 1 is 1.06 bits per heavy atom. The van der Waals surface area contributed by atoms with Gasteiger partial charge in [0.1, 0.15) is 5.75 Å². The number of carbonyl (C=O) groups is 2. The van der Waals surface area contributed by atoms with Gasteiger partial charge in [0.05, 0.1) is 42.8 Å². The molecule has 3 aromatic rings. The number of carboxylic acid groups (broad SMARTS) is 1. The van der Waals surface area contributed by atoms with Crippen molar-refractivity contribution in [2.75, 3.05) is 16.9 Å². The lowest BCUT2D eigenvalue weighted by molar-refractivity contribution is -0.117. The van der Waals surface area contributed by atoms with Gasteiger partial charge < -0.3 is 14.7 Å². The number of amides is 2. The van der Waals surface area contributed by atoms with Gasteiger partial charge in [-0.1, -0.05) is 18.2 Å². The number of hydrogen-bond acceptors (Lipinski definition) is 4. The van der Waals surface area contributed by atoms with Crippen molar-refractivity contribution in [3.63, 3.8) is 0 Å². The minimum atomic E-state index is -1.09. The molecule has 8 heteroatoms. The summed E-state index contributed by atoms with van der Waals surface area (Å²) in [6, 6.07) is 10.7. The van der Waals surface area contributed by atoms with Crippen LogP contribution in [0.25, 0.3) is 11.1 Å². The second kappa shape index (κ2) is 8.20. The molecule has 2 aromatic carbocycles. The molecule has 0 spiro atoms. The predicted octanol–water partition coefficient (Wildman–Crippen LogP) is 5.18. The zero-order valence-electron chi connectivity index (χ0n) is 19.7. The Labute approximate surface area is 198 Å². The topological polar surface area (TPSA) is 87.9 Å². The van der Waals surface area contributed by atoms with Gasteiger partial charge in [-0.2, -0.15) is 5.10 Å². The maximum atomic E-state index is 12.8. The average Bonchev–Trinajstić information content (AvgIpc) is 3.54. The Kier molecular flexibility index (Phi) is 5.31. The molecule has 8 nitrogen and oxygen atoms in total. The van der Waals surface area contributed by atoms with Gasteiger partial charge in [-0.25, -0.2) is 4.79 Å². The zero-order chi connectivity index (χ0) is 24.1. The van der Waals surface area contributed by atoms with Gasteiger partial charge in [-0.15, -0.1) is 0 Å². The highest BCUT2D eigenvalue weighted by Crippen LogP contribution is 2.48. The number of aryl methyl sites for hydroxylation is 1. The van der Waals surface area contributed by atoms with Gasteiger partial charge in [0.15, 0.2) is 0 Å². The predicted molar refractivity (Wildman–Crippen MR) is 130 cm³/mol. The molecule has 2 heterocycles. The van der Waals surface area contributed by atoms with E-state index < -0.39 is 18.2 Å². The molecule has 2 amide bonds. The van der Waals surface area contributed by atoms with Crippen LogP contribution in [-0.2, 0) is 4.79 Å². The first kappa shape index (κ1) is 22.0. The summed E-state index contributed by atoms with van der Waals surface area (Å²) in [6.45, 7) is 5.34. The van der Waals surface area contributed by atoms with E-state index in [4.69, 9.17) is 4.74 Å². The third-order valence-corrected chi connectivity index (χ3v) is 6.75. The highest BCUT2D eigenvalue weighted by molar-refractivity contribution is 6.03. The molecular weight excluding hydrogens is 432 g/mol. The van der Waals surface area contributed by atoms with Crippen LogP contribution in [0.3, 0.4) is 0 Å². The number of hydrogen-bond donors (Lipinski definition) is 1. The third kappa shape index (κ3) is 3.59. The number of methoxy groups -OCH3 is 1. The van der Waals surface area contributed by atoms with Crippen molar-refractivity contribution >= 4 is 23.4 Å². The Balaban J connectivity index is 1.68. The van der Waals surface area contributed by atoms with Crippen molar-refractivity contribution in [2.24, 2.45) is 0 Å². The van der Waals surface area contributed by atoms with Crippen molar-refractivity contribution in [2.45, 2.75) is 51.7 Å². The van der Waals surface area contributed by atoms with Crippen LogP contribution in [0.1, 0.15) is 49.9 Å². The molecule has 176 valence electrons. The Morgan fingerprint density at radius 3 is 2.47 bits per heavy atom. The fourth-order valence-corrected chi connectivity index (χ4v) is 4.99. The zero-order valence-corrected chi connectivity index (χ0v) is 19.7. The molecule has 2 aliphatic rings. The first-order chi connectivity index (χ1) is 16.3. The standard InChI is InChI=1S/C26H28N4O4/c1-15-5-9-21(24(11-15)34-4)25-16(2)29(17(3)31)22-10-6-18(12-23(22)30(25)26(32)33)19-13-27-28(14-19)20-7-8-20/h5-6,9-14,16,20,25H,7-8H2,1-4H3,(H,32,33)/t16-,25?/m0/s1. The lowest BCUT2D eigenvalue weighted by Crippen LogP contribution is -2.53. The summed E-state index contributed by atoms with van der Waals surface area (Å²) >= 11 is 0. The van der Waals surface area contributed by atoms with Gasteiger partial charge in [-0.05, 0) is 56.0 Å². The molecule has 0 bridgehead atoms. The van der Waals surface area contributed by atoms with Crippen LogP contribution in [0, 0.1) is 6.92 Å². The van der Waals surface area contributed by atoms with Gasteiger partial charge in [0.25, 0.3) is 0 Å². The van der Waals surface area contributed by atoms with Crippen molar-refractivity contribution in [3.05, 3.63) is 59.9 Å². The van der Waals surface area contributed by atoms with E-state index in [1.165, 1.54) is 11.8 Å². The van der Waals surface area contributed by atoms with Crippen LogP contribution < -0.4 is 14.5 Å². The summed E-state index contributed by atoms with van der Waals surface area (Å²) in [5, 5.41) is 14.9. The van der Waals surface area contributed by atoms with Crippen molar-refractivity contribution in [1.29, 1.82) is 0 Å². The highest BCUT2D eigenvalue weighted by Gasteiger charge is 2.43. The highest BCUT2D eigenvalue weighted by atomic mass is 16.5. The number of anilines is 2. The molecule has 0 saturated heterocycles. The van der Waals surface area contributed by atoms with Gasteiger partial charge in [0.2, 0.25) is 5.91 Å². The van der Waals surface area contributed by atoms with Crippen LogP contribution in [0.4, 0.5) is 16.2 Å². The van der Waals surface area contributed by atoms with Crippen LogP contribution in [0.2, 0.25) is 0 Å². The number of rotatable bonds is 4. The molecule has 0 radical (unpaired) electrons. The van der Waals surface area contributed by atoms with E-state index in [1.54, 1.807) is 18.2 Å². The number of fused-ring (bicyclic) bond motifs is 1. The number of aromatic nitrogens is 2. The van der Waals surface area contributed by atoms with E-state index in [0.717, 1.165) is 29.5 Å². The molecule has 1 aliphatic carbocycles. The van der Waals surface area contributed by atoms with Gasteiger partial charge in [-0.3, -0.25) is 14.4 Å². The summed E-state index contributed by atoms with van der Waals surface area (Å²) in [6.07, 6.45) is 4.97. The summed E-state index contributed by atoms with van der Waals surface area (Å²) < 4.78 is 7.60. The average molecular weight is 461 g/mol.